The molecule has 1 rings (SSSR count). The van der Waals surface area contributed by atoms with E-state index < -0.39 is 24.2 Å². The van der Waals surface area contributed by atoms with E-state index in [2.05, 4.69) is 5.32 Å². The number of rotatable bonds is 7. The molecule has 2 N–H and O–H groups in total. The fourth-order valence-electron chi connectivity index (χ4n) is 1.78. The van der Waals surface area contributed by atoms with Gasteiger partial charge < -0.3 is 19.9 Å². The van der Waals surface area contributed by atoms with Crippen LogP contribution in [-0.4, -0.2) is 35.4 Å². The van der Waals surface area contributed by atoms with Crippen molar-refractivity contribution in [1.29, 1.82) is 0 Å². The van der Waals surface area contributed by atoms with E-state index in [1.54, 1.807) is 20.8 Å². The molecule has 2 atom stereocenters. The van der Waals surface area contributed by atoms with Crippen LogP contribution in [0.2, 0.25) is 0 Å². The SMILES string of the molecule is CC(C)O[C@H](C)[C@H](NC(=O)OCc1ccccc1)C(=O)O. The van der Waals surface area contributed by atoms with Crippen LogP contribution in [-0.2, 0) is 20.9 Å². The molecule has 0 spiro atoms. The Morgan fingerprint density at radius 3 is 2.33 bits per heavy atom. The molecule has 0 aliphatic rings. The van der Waals surface area contributed by atoms with Gasteiger partial charge in [-0.1, -0.05) is 30.3 Å². The smallest absolute Gasteiger partial charge is 0.408 e. The molecule has 6 heteroatoms. The third kappa shape index (κ3) is 6.27. The van der Waals surface area contributed by atoms with Gasteiger partial charge in [0.25, 0.3) is 0 Å². The first kappa shape index (κ1) is 17.0. The van der Waals surface area contributed by atoms with E-state index >= 15 is 0 Å². The minimum Gasteiger partial charge on any atom is -0.480 e. The monoisotopic (exact) mass is 295 g/mol. The fourth-order valence-corrected chi connectivity index (χ4v) is 1.78. The van der Waals surface area contributed by atoms with Crippen LogP contribution in [0.4, 0.5) is 4.79 Å². The van der Waals surface area contributed by atoms with Gasteiger partial charge in [0.15, 0.2) is 6.04 Å². The highest BCUT2D eigenvalue weighted by molar-refractivity contribution is 5.80. The van der Waals surface area contributed by atoms with E-state index in [0.717, 1.165) is 5.56 Å². The Hall–Kier alpha value is -2.08. The van der Waals surface area contributed by atoms with Gasteiger partial charge in [0.2, 0.25) is 0 Å². The normalized spacial score (nSPS) is 13.5. The van der Waals surface area contributed by atoms with Crippen molar-refractivity contribution in [2.45, 2.75) is 45.6 Å². The van der Waals surface area contributed by atoms with Crippen molar-refractivity contribution in [3.05, 3.63) is 35.9 Å². The number of carboxylic acid groups (broad SMARTS) is 1. The number of carboxylic acids is 1. The van der Waals surface area contributed by atoms with Crippen molar-refractivity contribution in [2.75, 3.05) is 0 Å². The fraction of sp³-hybridized carbons (Fsp3) is 0.467. The molecule has 21 heavy (non-hydrogen) atoms. The number of nitrogens with one attached hydrogen (secondary N) is 1. The van der Waals surface area contributed by atoms with Gasteiger partial charge in [-0.25, -0.2) is 9.59 Å². The van der Waals surface area contributed by atoms with Crippen LogP contribution in [0, 0.1) is 0 Å². The van der Waals surface area contributed by atoms with E-state index in [-0.39, 0.29) is 12.7 Å². The molecule has 0 saturated heterocycles. The zero-order chi connectivity index (χ0) is 15.8. The molecule has 0 heterocycles. The van der Waals surface area contributed by atoms with E-state index in [0.29, 0.717) is 0 Å². The Balaban J connectivity index is 2.51. The molecule has 0 bridgehead atoms. The van der Waals surface area contributed by atoms with Crippen LogP contribution in [0.15, 0.2) is 30.3 Å². The van der Waals surface area contributed by atoms with Crippen LogP contribution >= 0.6 is 0 Å². The van der Waals surface area contributed by atoms with Crippen molar-refractivity contribution in [2.24, 2.45) is 0 Å². The minimum absolute atomic E-state index is 0.0818. The minimum atomic E-state index is -1.17. The zero-order valence-corrected chi connectivity index (χ0v) is 12.4. The average Bonchev–Trinajstić information content (AvgIpc) is 2.42. The summed E-state index contributed by atoms with van der Waals surface area (Å²) in [5, 5.41) is 11.4. The Bertz CT molecular complexity index is 460. The molecule has 0 aliphatic carbocycles. The summed E-state index contributed by atoms with van der Waals surface area (Å²) in [5.41, 5.74) is 0.825. The molecule has 0 saturated carbocycles. The standard InChI is InChI=1S/C15H21NO5/c1-10(2)21-11(3)13(14(17)18)16-15(19)20-9-12-7-5-4-6-8-12/h4-8,10-11,13H,9H2,1-3H3,(H,16,19)(H,17,18)/t11-,13+/m1/s1. The Morgan fingerprint density at radius 2 is 1.81 bits per heavy atom. The summed E-state index contributed by atoms with van der Waals surface area (Å²) in [5.74, 6) is -1.17. The molecule has 6 nitrogen and oxygen atoms in total. The van der Waals surface area contributed by atoms with Gasteiger partial charge in [0, 0.05) is 0 Å². The first-order valence-corrected chi connectivity index (χ1v) is 6.75. The third-order valence-corrected chi connectivity index (χ3v) is 2.71. The van der Waals surface area contributed by atoms with Crippen molar-refractivity contribution >= 4 is 12.1 Å². The summed E-state index contributed by atoms with van der Waals surface area (Å²) in [6.07, 6.45) is -1.58. The van der Waals surface area contributed by atoms with Crippen LogP contribution in [0.25, 0.3) is 0 Å². The topological polar surface area (TPSA) is 84.9 Å². The molecule has 116 valence electrons. The maximum atomic E-state index is 11.7. The lowest BCUT2D eigenvalue weighted by molar-refractivity contribution is -0.144. The van der Waals surface area contributed by atoms with E-state index in [1.807, 2.05) is 30.3 Å². The van der Waals surface area contributed by atoms with Crippen LogP contribution < -0.4 is 5.32 Å². The molecular weight excluding hydrogens is 274 g/mol. The number of hydrogen-bond acceptors (Lipinski definition) is 4. The number of ether oxygens (including phenoxy) is 2. The first-order valence-electron chi connectivity index (χ1n) is 6.75. The number of carbonyl (C=O) groups excluding carboxylic acids is 1. The van der Waals surface area contributed by atoms with Crippen LogP contribution in [0.5, 0.6) is 0 Å². The highest BCUT2D eigenvalue weighted by Crippen LogP contribution is 2.05. The molecule has 0 radical (unpaired) electrons. The van der Waals surface area contributed by atoms with Crippen LogP contribution in [0.1, 0.15) is 26.3 Å². The highest BCUT2D eigenvalue weighted by Gasteiger charge is 2.28. The Morgan fingerprint density at radius 1 is 1.19 bits per heavy atom. The van der Waals surface area contributed by atoms with Gasteiger partial charge in [-0.15, -0.1) is 0 Å². The molecule has 0 fully saturated rings. The lowest BCUT2D eigenvalue weighted by atomic mass is 10.2. The van der Waals surface area contributed by atoms with Gasteiger partial charge in [0.05, 0.1) is 12.2 Å². The number of hydrogen-bond donors (Lipinski definition) is 2. The van der Waals surface area contributed by atoms with Gasteiger partial charge >= 0.3 is 12.1 Å². The lowest BCUT2D eigenvalue weighted by Crippen LogP contribution is -2.49. The average molecular weight is 295 g/mol. The van der Waals surface area contributed by atoms with Gasteiger partial charge in [-0.2, -0.15) is 0 Å². The number of alkyl carbamates (subject to hydrolysis) is 1. The maximum absolute atomic E-state index is 11.7. The third-order valence-electron chi connectivity index (χ3n) is 2.71. The second-order valence-electron chi connectivity index (χ2n) is 4.91. The summed E-state index contributed by atoms with van der Waals surface area (Å²) in [6, 6.07) is 7.98. The second-order valence-corrected chi connectivity index (χ2v) is 4.91. The predicted molar refractivity (Wildman–Crippen MR) is 76.9 cm³/mol. The summed E-state index contributed by atoms with van der Waals surface area (Å²) < 4.78 is 10.4. The lowest BCUT2D eigenvalue weighted by Gasteiger charge is -2.23. The quantitative estimate of drug-likeness (QED) is 0.805. The summed E-state index contributed by atoms with van der Waals surface area (Å²) >= 11 is 0. The number of carbonyl (C=O) groups is 2. The number of benzene rings is 1. The Labute approximate surface area is 124 Å². The molecule has 1 aromatic rings. The molecule has 0 aromatic heterocycles. The van der Waals surface area contributed by atoms with Crippen molar-refractivity contribution in [3.8, 4) is 0 Å². The van der Waals surface area contributed by atoms with Gasteiger partial charge in [-0.3, -0.25) is 0 Å². The maximum Gasteiger partial charge on any atom is 0.408 e. The first-order chi connectivity index (χ1) is 9.90. The van der Waals surface area contributed by atoms with Gasteiger partial charge in [-0.05, 0) is 26.3 Å². The number of aliphatic carboxylic acids is 1. The molecule has 0 unspecified atom stereocenters. The summed E-state index contributed by atoms with van der Waals surface area (Å²) in [7, 11) is 0. The largest absolute Gasteiger partial charge is 0.480 e. The second kappa shape index (κ2) is 8.26. The van der Waals surface area contributed by atoms with Crippen molar-refractivity contribution < 1.29 is 24.2 Å². The Kier molecular flexibility index (Phi) is 6.68. The van der Waals surface area contributed by atoms with E-state index in [9.17, 15) is 9.59 Å². The summed E-state index contributed by atoms with van der Waals surface area (Å²) in [4.78, 5) is 22.9. The molecule has 0 aliphatic heterocycles. The zero-order valence-electron chi connectivity index (χ0n) is 12.4. The predicted octanol–water partition coefficient (Wildman–Crippen LogP) is 2.18. The molecular formula is C15H21NO5. The summed E-state index contributed by atoms with van der Waals surface area (Å²) in [6.45, 7) is 5.26. The van der Waals surface area contributed by atoms with Crippen LogP contribution in [0.3, 0.4) is 0 Å². The van der Waals surface area contributed by atoms with Gasteiger partial charge in [0.1, 0.15) is 6.61 Å². The van der Waals surface area contributed by atoms with E-state index in [4.69, 9.17) is 14.6 Å². The highest BCUT2D eigenvalue weighted by atomic mass is 16.6. The molecule has 1 aromatic carbocycles. The van der Waals surface area contributed by atoms with E-state index in [1.165, 1.54) is 0 Å². The van der Waals surface area contributed by atoms with Crippen molar-refractivity contribution in [3.63, 3.8) is 0 Å². The van der Waals surface area contributed by atoms with Crippen molar-refractivity contribution in [1.82, 2.24) is 5.32 Å². The number of amides is 1. The molecule has 1 amide bonds.